The number of ether oxygens (including phenoxy) is 1. The van der Waals surface area contributed by atoms with E-state index in [0.29, 0.717) is 34.3 Å². The first-order valence-corrected chi connectivity index (χ1v) is 14.5. The first-order chi connectivity index (χ1) is 19.4. The minimum Gasteiger partial charge on any atom is -0.497 e. The Balaban J connectivity index is 1.08. The van der Waals surface area contributed by atoms with Crippen LogP contribution in [0.5, 0.6) is 5.75 Å². The number of hydrogen-bond donors (Lipinski definition) is 2. The van der Waals surface area contributed by atoms with Gasteiger partial charge in [0.1, 0.15) is 5.75 Å². The largest absolute Gasteiger partial charge is 0.497 e. The van der Waals surface area contributed by atoms with Crippen LogP contribution >= 0.6 is 28.1 Å². The third-order valence-corrected chi connectivity index (χ3v) is 8.06. The smallest absolute Gasteiger partial charge is 0.262 e. The molecule has 1 fully saturated rings. The average molecular weight is 623 g/mol. The number of carbonyl (C=O) groups is 1. The standard InChI is InChI=1S/C30H32BrN5O3S/c1-39-25-10-8-24(9-11-25)35-17-15-34(16-18-35)14-2-13-32-28(37)22-5-3-21(4-6-22)20-36-29(38)26-19-23(31)7-12-27(26)33-30(36)40/h3-12,19H,2,13-18,20H2,1H3,(H,32,37)(H,33,40). The maximum Gasteiger partial charge on any atom is 0.262 e. The van der Waals surface area contributed by atoms with Gasteiger partial charge in [-0.2, -0.15) is 0 Å². The zero-order valence-corrected chi connectivity index (χ0v) is 24.8. The Bertz CT molecular complexity index is 1590. The highest BCUT2D eigenvalue weighted by atomic mass is 79.9. The lowest BCUT2D eigenvalue weighted by Crippen LogP contribution is -2.47. The number of benzene rings is 3. The van der Waals surface area contributed by atoms with Crippen LogP contribution < -0.4 is 20.5 Å². The molecule has 0 aliphatic carbocycles. The van der Waals surface area contributed by atoms with E-state index in [1.165, 1.54) is 10.3 Å². The molecule has 2 heterocycles. The lowest BCUT2D eigenvalue weighted by atomic mass is 10.1. The highest BCUT2D eigenvalue weighted by Crippen LogP contribution is 2.20. The average Bonchev–Trinajstić information content (AvgIpc) is 2.98. The van der Waals surface area contributed by atoms with Crippen LogP contribution in [0.4, 0.5) is 5.69 Å². The minimum absolute atomic E-state index is 0.0964. The number of aromatic nitrogens is 2. The van der Waals surface area contributed by atoms with Gasteiger partial charge in [-0.25, -0.2) is 0 Å². The second-order valence-corrected chi connectivity index (χ2v) is 11.1. The van der Waals surface area contributed by atoms with Crippen LogP contribution in [0.15, 0.2) is 76.0 Å². The minimum atomic E-state index is -0.149. The number of nitrogens with zero attached hydrogens (tertiary/aromatic N) is 3. The number of nitrogens with one attached hydrogen (secondary N) is 2. The lowest BCUT2D eigenvalue weighted by molar-refractivity contribution is 0.0951. The van der Waals surface area contributed by atoms with Gasteiger partial charge >= 0.3 is 0 Å². The molecule has 4 aromatic rings. The molecule has 208 valence electrons. The Morgan fingerprint density at radius 2 is 1.75 bits per heavy atom. The molecular formula is C30H32BrN5O3S. The van der Waals surface area contributed by atoms with Gasteiger partial charge in [-0.1, -0.05) is 28.1 Å². The summed E-state index contributed by atoms with van der Waals surface area (Å²) in [6.45, 7) is 5.87. The quantitative estimate of drug-likeness (QED) is 0.206. The maximum absolute atomic E-state index is 13.0. The van der Waals surface area contributed by atoms with Crippen molar-refractivity contribution in [3.63, 3.8) is 0 Å². The number of anilines is 1. The zero-order chi connectivity index (χ0) is 28.1. The number of fused-ring (bicyclic) bond motifs is 1. The van der Waals surface area contributed by atoms with Crippen molar-refractivity contribution in [2.45, 2.75) is 13.0 Å². The summed E-state index contributed by atoms with van der Waals surface area (Å²) in [5.74, 6) is 0.776. The summed E-state index contributed by atoms with van der Waals surface area (Å²) >= 11 is 8.85. The van der Waals surface area contributed by atoms with Gasteiger partial charge < -0.3 is 19.9 Å². The summed E-state index contributed by atoms with van der Waals surface area (Å²) in [4.78, 5) is 33.7. The van der Waals surface area contributed by atoms with Crippen molar-refractivity contribution < 1.29 is 9.53 Å². The molecule has 40 heavy (non-hydrogen) atoms. The van der Waals surface area contributed by atoms with E-state index in [1.54, 1.807) is 25.3 Å². The molecule has 5 rings (SSSR count). The van der Waals surface area contributed by atoms with Crippen LogP contribution in [-0.4, -0.2) is 66.7 Å². The Hall–Kier alpha value is -3.47. The third kappa shape index (κ3) is 6.63. The molecule has 0 unspecified atom stereocenters. The fourth-order valence-corrected chi connectivity index (χ4v) is 5.56. The second-order valence-electron chi connectivity index (χ2n) is 9.84. The Labute approximate surface area is 246 Å². The highest BCUT2D eigenvalue weighted by Gasteiger charge is 2.17. The molecule has 8 nitrogen and oxygen atoms in total. The van der Waals surface area contributed by atoms with E-state index in [1.807, 2.05) is 36.4 Å². The summed E-state index contributed by atoms with van der Waals surface area (Å²) in [5.41, 5.74) is 3.26. The van der Waals surface area contributed by atoms with Gasteiger partial charge in [-0.3, -0.25) is 19.1 Å². The Morgan fingerprint density at radius 3 is 2.45 bits per heavy atom. The summed E-state index contributed by atoms with van der Waals surface area (Å²) in [6, 6.07) is 21.0. The Morgan fingerprint density at radius 1 is 1.02 bits per heavy atom. The Kier molecular flexibility index (Phi) is 8.98. The number of amides is 1. The zero-order valence-electron chi connectivity index (χ0n) is 22.4. The van der Waals surface area contributed by atoms with E-state index in [2.05, 4.69) is 48.2 Å². The topological polar surface area (TPSA) is 82.6 Å². The van der Waals surface area contributed by atoms with Crippen LogP contribution in [0, 0.1) is 4.77 Å². The molecule has 10 heteroatoms. The second kappa shape index (κ2) is 12.8. The molecule has 1 aromatic heterocycles. The molecule has 1 aliphatic heterocycles. The lowest BCUT2D eigenvalue weighted by Gasteiger charge is -2.36. The number of halogens is 1. The van der Waals surface area contributed by atoms with Crippen LogP contribution in [0.25, 0.3) is 10.9 Å². The maximum atomic E-state index is 13.0. The summed E-state index contributed by atoms with van der Waals surface area (Å²) in [5, 5.41) is 3.60. The molecule has 0 saturated carbocycles. The van der Waals surface area contributed by atoms with Crippen molar-refractivity contribution in [3.05, 3.63) is 97.5 Å². The van der Waals surface area contributed by atoms with Crippen molar-refractivity contribution >= 4 is 50.6 Å². The molecule has 1 amide bonds. The number of piperazine rings is 1. The van der Waals surface area contributed by atoms with Crippen molar-refractivity contribution in [2.75, 3.05) is 51.3 Å². The first-order valence-electron chi connectivity index (χ1n) is 13.3. The van der Waals surface area contributed by atoms with Crippen LogP contribution in [0.2, 0.25) is 0 Å². The monoisotopic (exact) mass is 621 g/mol. The summed E-state index contributed by atoms with van der Waals surface area (Å²) in [7, 11) is 1.68. The van der Waals surface area contributed by atoms with Gasteiger partial charge in [0.2, 0.25) is 0 Å². The molecule has 3 aromatic carbocycles. The van der Waals surface area contributed by atoms with Gasteiger partial charge in [-0.15, -0.1) is 0 Å². The number of methoxy groups -OCH3 is 1. The van der Waals surface area contributed by atoms with Gasteiger partial charge in [0.25, 0.3) is 11.5 Å². The van der Waals surface area contributed by atoms with Gasteiger partial charge in [0.15, 0.2) is 4.77 Å². The molecule has 0 atom stereocenters. The van der Waals surface area contributed by atoms with Crippen molar-refractivity contribution in [3.8, 4) is 5.75 Å². The number of rotatable bonds is 9. The predicted molar refractivity (Wildman–Crippen MR) is 165 cm³/mol. The van der Waals surface area contributed by atoms with Crippen LogP contribution in [0.1, 0.15) is 22.3 Å². The molecular weight excluding hydrogens is 590 g/mol. The SMILES string of the molecule is COc1ccc(N2CCN(CCCNC(=O)c3ccc(Cn4c(=S)[nH]c5ccc(Br)cc5c4=O)cc3)CC2)cc1. The molecule has 0 spiro atoms. The van der Waals surface area contributed by atoms with E-state index in [-0.39, 0.29) is 11.5 Å². The van der Waals surface area contributed by atoms with Crippen molar-refractivity contribution in [1.82, 2.24) is 19.8 Å². The molecule has 1 saturated heterocycles. The predicted octanol–water partition coefficient (Wildman–Crippen LogP) is 4.82. The summed E-state index contributed by atoms with van der Waals surface area (Å²) < 4.78 is 7.98. The fraction of sp³-hybridized carbons (Fsp3) is 0.300. The van der Waals surface area contributed by atoms with Gasteiger partial charge in [0, 0.05) is 48.4 Å². The number of hydrogen-bond acceptors (Lipinski definition) is 6. The third-order valence-electron chi connectivity index (χ3n) is 7.25. The molecule has 0 radical (unpaired) electrons. The van der Waals surface area contributed by atoms with E-state index >= 15 is 0 Å². The summed E-state index contributed by atoms with van der Waals surface area (Å²) in [6.07, 6.45) is 0.894. The van der Waals surface area contributed by atoms with E-state index < -0.39 is 0 Å². The van der Waals surface area contributed by atoms with Crippen LogP contribution in [0.3, 0.4) is 0 Å². The van der Waals surface area contributed by atoms with E-state index in [9.17, 15) is 9.59 Å². The molecule has 2 N–H and O–H groups in total. The van der Waals surface area contributed by atoms with Crippen molar-refractivity contribution in [1.29, 1.82) is 0 Å². The number of carbonyl (C=O) groups excluding carboxylic acids is 1. The molecule has 1 aliphatic rings. The number of aromatic amines is 1. The highest BCUT2D eigenvalue weighted by molar-refractivity contribution is 9.10. The number of H-pyrrole nitrogens is 1. The van der Waals surface area contributed by atoms with Crippen LogP contribution in [-0.2, 0) is 6.54 Å². The van der Waals surface area contributed by atoms with Gasteiger partial charge in [0.05, 0.1) is 24.6 Å². The van der Waals surface area contributed by atoms with Gasteiger partial charge in [-0.05, 0) is 85.3 Å². The van der Waals surface area contributed by atoms with Crippen molar-refractivity contribution in [2.24, 2.45) is 0 Å². The van der Waals surface area contributed by atoms with E-state index in [0.717, 1.165) is 54.9 Å². The molecule has 0 bridgehead atoms. The first kappa shape index (κ1) is 28.1. The fourth-order valence-electron chi connectivity index (χ4n) is 4.94. The van der Waals surface area contributed by atoms with E-state index in [4.69, 9.17) is 17.0 Å². The normalized spacial score (nSPS) is 13.9.